The second kappa shape index (κ2) is 7.39. The number of carbonyl (C=O) groups excluding carboxylic acids is 1. The summed E-state index contributed by atoms with van der Waals surface area (Å²) in [5, 5.41) is 19.9. The number of nitro groups is 1. The summed E-state index contributed by atoms with van der Waals surface area (Å²) in [6.07, 6.45) is 0.574. The lowest BCUT2D eigenvalue weighted by Gasteiger charge is -2.20. The van der Waals surface area contributed by atoms with Gasteiger partial charge in [-0.25, -0.2) is 0 Å². The minimum absolute atomic E-state index is 0.0313. The number of carboxylic acid groups (broad SMARTS) is 1. The summed E-state index contributed by atoms with van der Waals surface area (Å²) < 4.78 is 5.06. The molecule has 1 aromatic carbocycles. The molecule has 0 aromatic heterocycles. The van der Waals surface area contributed by atoms with Crippen molar-refractivity contribution in [1.82, 2.24) is 4.90 Å². The van der Waals surface area contributed by atoms with Crippen LogP contribution in [-0.4, -0.2) is 47.0 Å². The minimum atomic E-state index is -1.14. The third-order valence-electron chi connectivity index (χ3n) is 3.10. The number of benzene rings is 1. The average Bonchev–Trinajstić information content (AvgIpc) is 2.45. The van der Waals surface area contributed by atoms with Gasteiger partial charge in [-0.1, -0.05) is 6.92 Å². The van der Waals surface area contributed by atoms with E-state index < -0.39 is 23.3 Å². The Hall–Kier alpha value is -2.64. The number of nitro benzene ring substituents is 1. The largest absolute Gasteiger partial charge is 0.496 e. The molecule has 1 amide bonds. The first-order valence-corrected chi connectivity index (χ1v) is 6.65. The number of hydrogen-bond acceptors (Lipinski definition) is 5. The highest BCUT2D eigenvalue weighted by Gasteiger charge is 2.23. The second-order valence-electron chi connectivity index (χ2n) is 4.70. The molecule has 0 radical (unpaired) electrons. The maximum Gasteiger partial charge on any atom is 0.323 e. The molecule has 0 bridgehead atoms. The highest BCUT2D eigenvalue weighted by atomic mass is 16.6. The molecule has 1 N–H and O–H groups in total. The summed E-state index contributed by atoms with van der Waals surface area (Å²) >= 11 is 0. The Balaban J connectivity index is 3.28. The lowest BCUT2D eigenvalue weighted by atomic mass is 10.1. The summed E-state index contributed by atoms with van der Waals surface area (Å²) in [7, 11) is 1.35. The lowest BCUT2D eigenvalue weighted by molar-refractivity contribution is -0.385. The summed E-state index contributed by atoms with van der Waals surface area (Å²) in [6, 6.07) is 2.53. The molecule has 120 valence electrons. The third-order valence-corrected chi connectivity index (χ3v) is 3.10. The van der Waals surface area contributed by atoms with Gasteiger partial charge in [0.1, 0.15) is 12.3 Å². The number of aliphatic carboxylic acids is 1. The monoisotopic (exact) mass is 310 g/mol. The highest BCUT2D eigenvalue weighted by molar-refractivity contribution is 5.97. The van der Waals surface area contributed by atoms with E-state index in [0.29, 0.717) is 12.0 Å². The van der Waals surface area contributed by atoms with E-state index in [9.17, 15) is 19.7 Å². The van der Waals surface area contributed by atoms with Crippen LogP contribution in [0.5, 0.6) is 5.75 Å². The Bertz CT molecular complexity index is 599. The molecule has 0 aliphatic heterocycles. The van der Waals surface area contributed by atoms with E-state index in [1.165, 1.54) is 20.1 Å². The maximum atomic E-state index is 12.4. The number of rotatable bonds is 7. The van der Waals surface area contributed by atoms with Crippen molar-refractivity contribution >= 4 is 17.6 Å². The van der Waals surface area contributed by atoms with Gasteiger partial charge >= 0.3 is 5.97 Å². The van der Waals surface area contributed by atoms with Crippen LogP contribution in [0.2, 0.25) is 0 Å². The summed E-state index contributed by atoms with van der Waals surface area (Å²) in [5.41, 5.74) is 0.0997. The molecule has 0 unspecified atom stereocenters. The van der Waals surface area contributed by atoms with Gasteiger partial charge in [-0.2, -0.15) is 0 Å². The first-order valence-electron chi connectivity index (χ1n) is 6.65. The van der Waals surface area contributed by atoms with Gasteiger partial charge < -0.3 is 14.7 Å². The number of methoxy groups -OCH3 is 1. The summed E-state index contributed by atoms with van der Waals surface area (Å²) in [6.45, 7) is 3.11. The molecule has 0 spiro atoms. The van der Waals surface area contributed by atoms with Crippen LogP contribution < -0.4 is 4.74 Å². The number of hydrogen-bond donors (Lipinski definition) is 1. The SMILES string of the molecule is CCCN(CC(=O)O)C(=O)c1cc(OC)c(C)c([N+](=O)[O-])c1. The molecule has 0 aliphatic carbocycles. The molecule has 8 heteroatoms. The molecule has 1 aromatic rings. The smallest absolute Gasteiger partial charge is 0.323 e. The molecule has 1 rings (SSSR count). The standard InChI is InChI=1S/C14H18N2O6/c1-4-5-15(8-13(17)18)14(19)10-6-11(16(20)21)9(2)12(7-10)22-3/h6-7H,4-5,8H2,1-3H3,(H,17,18). The molecule has 0 saturated heterocycles. The fraction of sp³-hybridized carbons (Fsp3) is 0.429. The summed E-state index contributed by atoms with van der Waals surface area (Å²) in [4.78, 5) is 34.9. The Morgan fingerprint density at radius 1 is 1.41 bits per heavy atom. The van der Waals surface area contributed by atoms with Crippen LogP contribution in [0.4, 0.5) is 5.69 Å². The van der Waals surface area contributed by atoms with Crippen LogP contribution in [0.25, 0.3) is 0 Å². The van der Waals surface area contributed by atoms with Crippen molar-refractivity contribution in [2.75, 3.05) is 20.2 Å². The Morgan fingerprint density at radius 3 is 2.50 bits per heavy atom. The quantitative estimate of drug-likeness (QED) is 0.608. The number of carbonyl (C=O) groups is 2. The maximum absolute atomic E-state index is 12.4. The molecular weight excluding hydrogens is 292 g/mol. The first-order chi connectivity index (χ1) is 10.3. The normalized spacial score (nSPS) is 10.1. The van der Waals surface area contributed by atoms with Gasteiger partial charge in [0.15, 0.2) is 0 Å². The van der Waals surface area contributed by atoms with Crippen molar-refractivity contribution in [2.24, 2.45) is 0 Å². The van der Waals surface area contributed by atoms with E-state index in [0.717, 1.165) is 11.0 Å². The van der Waals surface area contributed by atoms with Crippen molar-refractivity contribution in [1.29, 1.82) is 0 Å². The zero-order valence-corrected chi connectivity index (χ0v) is 12.7. The van der Waals surface area contributed by atoms with Gasteiger partial charge in [0.05, 0.1) is 23.2 Å². The Morgan fingerprint density at radius 2 is 2.05 bits per heavy atom. The zero-order valence-electron chi connectivity index (χ0n) is 12.7. The van der Waals surface area contributed by atoms with Crippen LogP contribution in [0.15, 0.2) is 12.1 Å². The number of nitrogens with zero attached hydrogens (tertiary/aromatic N) is 2. The molecular formula is C14H18N2O6. The molecule has 0 aliphatic rings. The van der Waals surface area contributed by atoms with Crippen LogP contribution in [0, 0.1) is 17.0 Å². The predicted molar refractivity (Wildman–Crippen MR) is 78.2 cm³/mol. The van der Waals surface area contributed by atoms with Crippen LogP contribution in [0.3, 0.4) is 0 Å². The van der Waals surface area contributed by atoms with Gasteiger partial charge in [-0.05, 0) is 19.4 Å². The molecule has 0 fully saturated rings. The van der Waals surface area contributed by atoms with E-state index in [1.807, 2.05) is 0 Å². The third kappa shape index (κ3) is 3.94. The minimum Gasteiger partial charge on any atom is -0.496 e. The second-order valence-corrected chi connectivity index (χ2v) is 4.70. The number of carboxylic acids is 1. The fourth-order valence-corrected chi connectivity index (χ4v) is 2.07. The molecule has 0 atom stereocenters. The fourth-order valence-electron chi connectivity index (χ4n) is 2.07. The van der Waals surface area contributed by atoms with Crippen molar-refractivity contribution in [2.45, 2.75) is 20.3 Å². The van der Waals surface area contributed by atoms with Crippen molar-refractivity contribution in [3.8, 4) is 5.75 Å². The van der Waals surface area contributed by atoms with E-state index >= 15 is 0 Å². The van der Waals surface area contributed by atoms with Crippen LogP contribution in [0.1, 0.15) is 29.3 Å². The average molecular weight is 310 g/mol. The van der Waals surface area contributed by atoms with Gasteiger partial charge in [0.2, 0.25) is 0 Å². The zero-order chi connectivity index (χ0) is 16.9. The molecule has 0 saturated carbocycles. The van der Waals surface area contributed by atoms with Crippen molar-refractivity contribution in [3.63, 3.8) is 0 Å². The van der Waals surface area contributed by atoms with Crippen LogP contribution in [-0.2, 0) is 4.79 Å². The van der Waals surface area contributed by atoms with E-state index in [4.69, 9.17) is 9.84 Å². The van der Waals surface area contributed by atoms with Gasteiger partial charge in [-0.3, -0.25) is 19.7 Å². The number of amides is 1. The van der Waals surface area contributed by atoms with E-state index in [-0.39, 0.29) is 23.5 Å². The van der Waals surface area contributed by atoms with E-state index in [2.05, 4.69) is 0 Å². The Kier molecular flexibility index (Phi) is 5.85. The molecule has 22 heavy (non-hydrogen) atoms. The van der Waals surface area contributed by atoms with Crippen molar-refractivity contribution < 1.29 is 24.4 Å². The first kappa shape index (κ1) is 17.4. The number of ether oxygens (including phenoxy) is 1. The molecule has 0 heterocycles. The van der Waals surface area contributed by atoms with Gasteiger partial charge in [0, 0.05) is 12.6 Å². The molecule has 8 nitrogen and oxygen atoms in total. The van der Waals surface area contributed by atoms with Crippen molar-refractivity contribution in [3.05, 3.63) is 33.4 Å². The predicted octanol–water partition coefficient (Wildman–Crippen LogP) is 1.85. The van der Waals surface area contributed by atoms with Gasteiger partial charge in [-0.15, -0.1) is 0 Å². The highest BCUT2D eigenvalue weighted by Crippen LogP contribution is 2.29. The summed E-state index contributed by atoms with van der Waals surface area (Å²) in [5.74, 6) is -1.51. The van der Waals surface area contributed by atoms with E-state index in [1.54, 1.807) is 6.92 Å². The van der Waals surface area contributed by atoms with Crippen LogP contribution >= 0.6 is 0 Å². The van der Waals surface area contributed by atoms with Gasteiger partial charge in [0.25, 0.3) is 11.6 Å². The lowest BCUT2D eigenvalue weighted by Crippen LogP contribution is -2.36. The Labute approximate surface area is 127 Å². The topological polar surface area (TPSA) is 110 Å².